The highest BCUT2D eigenvalue weighted by atomic mass is 35.5. The normalized spacial score (nSPS) is 15.0. The lowest BCUT2D eigenvalue weighted by molar-refractivity contribution is -0.129. The summed E-state index contributed by atoms with van der Waals surface area (Å²) in [5.41, 5.74) is 1.40. The van der Waals surface area contributed by atoms with Gasteiger partial charge in [0.15, 0.2) is 28.7 Å². The van der Waals surface area contributed by atoms with Crippen molar-refractivity contribution in [3.63, 3.8) is 0 Å². The van der Waals surface area contributed by atoms with Crippen LogP contribution in [0.4, 0.5) is 0 Å². The second-order valence-electron chi connectivity index (χ2n) is 7.56. The van der Waals surface area contributed by atoms with Crippen LogP contribution in [0.2, 0.25) is 10.0 Å². The predicted octanol–water partition coefficient (Wildman–Crippen LogP) is 5.68. The molecule has 2 aliphatic rings. The van der Waals surface area contributed by atoms with Gasteiger partial charge in [-0.1, -0.05) is 29.3 Å². The Bertz CT molecular complexity index is 1450. The fourth-order valence-corrected chi connectivity index (χ4v) is 3.98. The van der Waals surface area contributed by atoms with E-state index in [2.05, 4.69) is 4.99 Å². The monoisotopic (exact) mass is 525 g/mol. The van der Waals surface area contributed by atoms with E-state index in [9.17, 15) is 9.59 Å². The molecule has 0 radical (unpaired) electrons. The highest BCUT2D eigenvalue weighted by molar-refractivity contribution is 6.37. The van der Waals surface area contributed by atoms with Crippen molar-refractivity contribution in [3.05, 3.63) is 87.0 Å². The number of carbonyl (C=O) groups is 2. The van der Waals surface area contributed by atoms with Gasteiger partial charge >= 0.3 is 11.9 Å². The van der Waals surface area contributed by atoms with Gasteiger partial charge in [0.05, 0.1) is 22.8 Å². The average Bonchev–Trinajstić information content (AvgIpc) is 3.46. The Morgan fingerprint density at radius 2 is 1.86 bits per heavy atom. The summed E-state index contributed by atoms with van der Waals surface area (Å²) >= 11 is 12.1. The van der Waals surface area contributed by atoms with Crippen molar-refractivity contribution in [2.45, 2.75) is 6.92 Å². The van der Waals surface area contributed by atoms with Crippen LogP contribution in [0.15, 0.2) is 65.3 Å². The molecule has 5 rings (SSSR count). The first-order chi connectivity index (χ1) is 17.4. The van der Waals surface area contributed by atoms with Crippen LogP contribution < -0.4 is 18.9 Å². The summed E-state index contributed by atoms with van der Waals surface area (Å²) in [7, 11) is 0. The quantitative estimate of drug-likeness (QED) is 0.232. The molecule has 0 amide bonds. The van der Waals surface area contributed by atoms with Gasteiger partial charge in [-0.3, -0.25) is 0 Å². The number of hydrogen-bond donors (Lipinski definition) is 0. The lowest BCUT2D eigenvalue weighted by atomic mass is 10.1. The Morgan fingerprint density at radius 1 is 1.03 bits per heavy atom. The average molecular weight is 526 g/mol. The van der Waals surface area contributed by atoms with E-state index in [0.29, 0.717) is 50.6 Å². The number of benzene rings is 3. The number of halogens is 2. The smallest absolute Gasteiger partial charge is 0.363 e. The van der Waals surface area contributed by atoms with E-state index < -0.39 is 11.9 Å². The lowest BCUT2D eigenvalue weighted by Crippen LogP contribution is -2.09. The number of hydrogen-bond acceptors (Lipinski definition) is 8. The molecular formula is C26H17Cl2NO7. The van der Waals surface area contributed by atoms with Crippen LogP contribution in [-0.4, -0.2) is 31.2 Å². The minimum Gasteiger partial charge on any atom is -0.490 e. The van der Waals surface area contributed by atoms with Crippen LogP contribution >= 0.6 is 23.2 Å². The molecular weight excluding hydrogens is 509 g/mol. The standard InChI is InChI=1S/C26H17Cl2NO7/c1-2-32-22-10-14(9-19-26(31)36-24(29-19)17-6-5-16(27)12-18(17)28)3-7-21(22)35-25(30)15-4-8-20-23(11-15)34-13-33-20/h3-12H,2,13H2,1H3/b19-9-. The molecule has 3 aromatic carbocycles. The number of nitrogens with zero attached hydrogens (tertiary/aromatic N) is 1. The third kappa shape index (κ3) is 4.86. The van der Waals surface area contributed by atoms with E-state index in [1.54, 1.807) is 55.5 Å². The molecule has 0 bridgehead atoms. The summed E-state index contributed by atoms with van der Waals surface area (Å²) in [5, 5.41) is 0.759. The van der Waals surface area contributed by atoms with E-state index in [1.165, 1.54) is 12.1 Å². The molecule has 0 spiro atoms. The number of rotatable bonds is 6. The van der Waals surface area contributed by atoms with Gasteiger partial charge in [0, 0.05) is 5.02 Å². The zero-order chi connectivity index (χ0) is 25.2. The Balaban J connectivity index is 1.39. The highest BCUT2D eigenvalue weighted by Gasteiger charge is 2.26. The number of carbonyl (C=O) groups excluding carboxylic acids is 2. The topological polar surface area (TPSA) is 92.7 Å². The lowest BCUT2D eigenvalue weighted by Gasteiger charge is -2.11. The van der Waals surface area contributed by atoms with Crippen molar-refractivity contribution in [3.8, 4) is 23.0 Å². The van der Waals surface area contributed by atoms with Crippen molar-refractivity contribution in [2.24, 2.45) is 4.99 Å². The van der Waals surface area contributed by atoms with Crippen LogP contribution in [0.3, 0.4) is 0 Å². The second-order valence-corrected chi connectivity index (χ2v) is 8.40. The molecule has 0 fully saturated rings. The number of esters is 2. The molecule has 2 heterocycles. The van der Waals surface area contributed by atoms with Gasteiger partial charge in [-0.15, -0.1) is 0 Å². The molecule has 0 saturated heterocycles. The second kappa shape index (κ2) is 9.93. The van der Waals surface area contributed by atoms with Crippen LogP contribution in [0.5, 0.6) is 23.0 Å². The number of fused-ring (bicyclic) bond motifs is 1. The van der Waals surface area contributed by atoms with E-state index >= 15 is 0 Å². The van der Waals surface area contributed by atoms with Crippen molar-refractivity contribution >= 4 is 47.1 Å². The summed E-state index contributed by atoms with van der Waals surface area (Å²) in [6, 6.07) is 14.4. The largest absolute Gasteiger partial charge is 0.490 e. The summed E-state index contributed by atoms with van der Waals surface area (Å²) in [6.45, 7) is 2.23. The van der Waals surface area contributed by atoms with Gasteiger partial charge in [-0.05, 0) is 67.1 Å². The SMILES string of the molecule is CCOc1cc(/C=C2\N=C(c3ccc(Cl)cc3Cl)OC2=O)ccc1OC(=O)c1ccc2c(c1)OCO2. The molecule has 0 unspecified atom stereocenters. The van der Waals surface area contributed by atoms with Gasteiger partial charge in [-0.25, -0.2) is 14.6 Å². The summed E-state index contributed by atoms with van der Waals surface area (Å²) < 4.78 is 27.1. The third-order valence-corrected chi connectivity index (χ3v) is 5.71. The zero-order valence-electron chi connectivity index (χ0n) is 18.7. The Kier molecular flexibility index (Phi) is 6.54. The van der Waals surface area contributed by atoms with E-state index in [-0.39, 0.29) is 24.1 Å². The molecule has 2 aliphatic heterocycles. The Hall–Kier alpha value is -4.01. The number of cyclic esters (lactones) is 1. The fourth-order valence-electron chi connectivity index (χ4n) is 3.49. The molecule has 10 heteroatoms. The Labute approximate surface area is 215 Å². The molecule has 0 atom stereocenters. The minimum absolute atomic E-state index is 0.0727. The minimum atomic E-state index is -0.632. The molecule has 8 nitrogen and oxygen atoms in total. The van der Waals surface area contributed by atoms with Crippen molar-refractivity contribution < 1.29 is 33.3 Å². The first kappa shape index (κ1) is 23.7. The van der Waals surface area contributed by atoms with Crippen LogP contribution in [-0.2, 0) is 9.53 Å². The van der Waals surface area contributed by atoms with E-state index in [1.807, 2.05) is 0 Å². The maximum Gasteiger partial charge on any atom is 0.363 e. The molecule has 3 aromatic rings. The van der Waals surface area contributed by atoms with Crippen molar-refractivity contribution in [2.75, 3.05) is 13.4 Å². The number of ether oxygens (including phenoxy) is 5. The van der Waals surface area contributed by atoms with Gasteiger partial charge < -0.3 is 23.7 Å². The van der Waals surface area contributed by atoms with Gasteiger partial charge in [0.1, 0.15) is 0 Å². The van der Waals surface area contributed by atoms with Crippen LogP contribution in [0.25, 0.3) is 6.08 Å². The summed E-state index contributed by atoms with van der Waals surface area (Å²) in [4.78, 5) is 29.4. The Morgan fingerprint density at radius 3 is 2.67 bits per heavy atom. The summed E-state index contributed by atoms with van der Waals surface area (Å²) in [6.07, 6.45) is 1.53. The van der Waals surface area contributed by atoms with Crippen molar-refractivity contribution in [1.29, 1.82) is 0 Å². The van der Waals surface area contributed by atoms with Gasteiger partial charge in [-0.2, -0.15) is 0 Å². The van der Waals surface area contributed by atoms with Crippen LogP contribution in [0.1, 0.15) is 28.4 Å². The molecule has 0 aromatic heterocycles. The predicted molar refractivity (Wildman–Crippen MR) is 132 cm³/mol. The molecule has 0 N–H and O–H groups in total. The fraction of sp³-hybridized carbons (Fsp3) is 0.115. The molecule has 0 saturated carbocycles. The highest BCUT2D eigenvalue weighted by Crippen LogP contribution is 2.34. The summed E-state index contributed by atoms with van der Waals surface area (Å²) in [5.74, 6) is 0.423. The van der Waals surface area contributed by atoms with Gasteiger partial charge in [0.25, 0.3) is 0 Å². The molecule has 182 valence electrons. The van der Waals surface area contributed by atoms with E-state index in [0.717, 1.165) is 0 Å². The molecule has 0 aliphatic carbocycles. The van der Waals surface area contributed by atoms with E-state index in [4.69, 9.17) is 46.9 Å². The van der Waals surface area contributed by atoms with Gasteiger partial charge in [0.2, 0.25) is 12.7 Å². The number of aliphatic imine (C=N–C) groups is 1. The first-order valence-electron chi connectivity index (χ1n) is 10.8. The maximum absolute atomic E-state index is 12.7. The third-order valence-electron chi connectivity index (χ3n) is 5.16. The zero-order valence-corrected chi connectivity index (χ0v) is 20.3. The first-order valence-corrected chi connectivity index (χ1v) is 11.5. The van der Waals surface area contributed by atoms with Crippen molar-refractivity contribution in [1.82, 2.24) is 0 Å². The maximum atomic E-state index is 12.7. The van der Waals surface area contributed by atoms with Crippen LogP contribution in [0, 0.1) is 0 Å². The molecule has 36 heavy (non-hydrogen) atoms.